The highest BCUT2D eigenvalue weighted by Crippen LogP contribution is 2.29. The van der Waals surface area contributed by atoms with Gasteiger partial charge >= 0.3 is 0 Å². The first-order valence-electron chi connectivity index (χ1n) is 3.41. The highest BCUT2D eigenvalue weighted by atomic mass is 16.5. The molecule has 0 fully saturated rings. The smallest absolute Gasteiger partial charge is 0.0836 e. The summed E-state index contributed by atoms with van der Waals surface area (Å²) in [6, 6.07) is 0. The molecule has 0 aromatic rings. The Morgan fingerprint density at radius 2 is 2.33 bits per heavy atom. The quantitative estimate of drug-likeness (QED) is 0.488. The molecule has 2 atom stereocenters. The van der Waals surface area contributed by atoms with Crippen molar-refractivity contribution in [2.45, 2.75) is 25.9 Å². The lowest BCUT2D eigenvalue weighted by Gasteiger charge is -2.20. The minimum atomic E-state index is 0.0272. The molecule has 1 heteroatoms. The summed E-state index contributed by atoms with van der Waals surface area (Å²) in [6.45, 7) is 4.33. The van der Waals surface area contributed by atoms with Crippen LogP contribution in [0.25, 0.3) is 0 Å². The number of methoxy groups -OCH3 is 1. The molecule has 0 aromatic carbocycles. The van der Waals surface area contributed by atoms with Crippen molar-refractivity contribution in [1.29, 1.82) is 0 Å². The maximum absolute atomic E-state index is 5.28. The predicted octanol–water partition coefficient (Wildman–Crippen LogP) is 1.99. The van der Waals surface area contributed by atoms with Crippen molar-refractivity contribution in [3.05, 3.63) is 12.2 Å². The van der Waals surface area contributed by atoms with Gasteiger partial charge in [-0.1, -0.05) is 19.1 Å². The Morgan fingerprint density at radius 3 is 2.56 bits per heavy atom. The SMILES string of the molecule is CO[C@@]1(C)C=CC(C)C1. The summed E-state index contributed by atoms with van der Waals surface area (Å²) in [5, 5.41) is 0. The molecule has 0 saturated heterocycles. The molecule has 1 aliphatic carbocycles. The van der Waals surface area contributed by atoms with Gasteiger partial charge in [0.05, 0.1) is 5.60 Å². The van der Waals surface area contributed by atoms with Gasteiger partial charge in [0.15, 0.2) is 0 Å². The minimum absolute atomic E-state index is 0.0272. The molecule has 0 bridgehead atoms. The van der Waals surface area contributed by atoms with E-state index in [2.05, 4.69) is 26.0 Å². The zero-order valence-electron chi connectivity index (χ0n) is 6.35. The number of hydrogen-bond acceptors (Lipinski definition) is 1. The van der Waals surface area contributed by atoms with Crippen LogP contribution in [-0.4, -0.2) is 12.7 Å². The van der Waals surface area contributed by atoms with Crippen molar-refractivity contribution in [2.24, 2.45) is 5.92 Å². The summed E-state index contributed by atoms with van der Waals surface area (Å²) in [5.41, 5.74) is 0.0272. The van der Waals surface area contributed by atoms with E-state index in [1.54, 1.807) is 7.11 Å². The van der Waals surface area contributed by atoms with Crippen LogP contribution in [0.4, 0.5) is 0 Å². The van der Waals surface area contributed by atoms with E-state index in [9.17, 15) is 0 Å². The maximum atomic E-state index is 5.28. The Hall–Kier alpha value is -0.300. The Labute approximate surface area is 56.7 Å². The van der Waals surface area contributed by atoms with Crippen LogP contribution in [0.5, 0.6) is 0 Å². The summed E-state index contributed by atoms with van der Waals surface area (Å²) in [7, 11) is 1.77. The molecule has 1 rings (SSSR count). The van der Waals surface area contributed by atoms with Crippen LogP contribution in [0.2, 0.25) is 0 Å². The second kappa shape index (κ2) is 2.14. The fraction of sp³-hybridized carbons (Fsp3) is 0.750. The lowest BCUT2D eigenvalue weighted by Crippen LogP contribution is -2.21. The van der Waals surface area contributed by atoms with E-state index < -0.39 is 0 Å². The van der Waals surface area contributed by atoms with Gasteiger partial charge in [-0.05, 0) is 19.3 Å². The molecular weight excluding hydrogens is 112 g/mol. The Balaban J connectivity index is 2.57. The van der Waals surface area contributed by atoms with Crippen LogP contribution in [0, 0.1) is 5.92 Å². The molecule has 0 saturated carbocycles. The standard InChI is InChI=1S/C8H14O/c1-7-4-5-8(2,6-7)9-3/h4-5,7H,6H2,1-3H3/t7?,8-/m0/s1. The largest absolute Gasteiger partial charge is 0.374 e. The topological polar surface area (TPSA) is 9.23 Å². The molecule has 0 N–H and O–H groups in total. The van der Waals surface area contributed by atoms with Crippen LogP contribution in [0.1, 0.15) is 20.3 Å². The fourth-order valence-electron chi connectivity index (χ4n) is 1.29. The molecule has 0 amide bonds. The van der Waals surface area contributed by atoms with Crippen molar-refractivity contribution in [3.8, 4) is 0 Å². The lowest BCUT2D eigenvalue weighted by molar-refractivity contribution is 0.0428. The van der Waals surface area contributed by atoms with Crippen LogP contribution in [-0.2, 0) is 4.74 Å². The third-order valence-electron chi connectivity index (χ3n) is 1.97. The van der Waals surface area contributed by atoms with Gasteiger partial charge in [0.1, 0.15) is 0 Å². The predicted molar refractivity (Wildman–Crippen MR) is 38.3 cm³/mol. The Bertz CT molecular complexity index is 129. The molecule has 1 nitrogen and oxygen atoms in total. The van der Waals surface area contributed by atoms with Gasteiger partial charge in [-0.15, -0.1) is 0 Å². The highest BCUT2D eigenvalue weighted by Gasteiger charge is 2.26. The van der Waals surface area contributed by atoms with Crippen molar-refractivity contribution >= 4 is 0 Å². The van der Waals surface area contributed by atoms with E-state index in [1.165, 1.54) is 0 Å². The molecule has 0 aromatic heterocycles. The van der Waals surface area contributed by atoms with E-state index in [0.29, 0.717) is 5.92 Å². The summed E-state index contributed by atoms with van der Waals surface area (Å²) < 4.78 is 5.28. The monoisotopic (exact) mass is 126 g/mol. The van der Waals surface area contributed by atoms with Gasteiger partial charge in [-0.25, -0.2) is 0 Å². The van der Waals surface area contributed by atoms with E-state index >= 15 is 0 Å². The van der Waals surface area contributed by atoms with Gasteiger partial charge < -0.3 is 4.74 Å². The van der Waals surface area contributed by atoms with Gasteiger partial charge in [-0.2, -0.15) is 0 Å². The van der Waals surface area contributed by atoms with Crippen LogP contribution >= 0.6 is 0 Å². The average Bonchev–Trinajstić information content (AvgIpc) is 2.13. The average molecular weight is 126 g/mol. The van der Waals surface area contributed by atoms with Crippen LogP contribution < -0.4 is 0 Å². The zero-order valence-corrected chi connectivity index (χ0v) is 6.35. The number of hydrogen-bond donors (Lipinski definition) is 0. The van der Waals surface area contributed by atoms with Gasteiger partial charge in [0.25, 0.3) is 0 Å². The van der Waals surface area contributed by atoms with Crippen LogP contribution in [0.15, 0.2) is 12.2 Å². The summed E-state index contributed by atoms with van der Waals surface area (Å²) in [4.78, 5) is 0. The third kappa shape index (κ3) is 1.33. The highest BCUT2D eigenvalue weighted by molar-refractivity contribution is 5.09. The first-order chi connectivity index (χ1) is 4.16. The van der Waals surface area contributed by atoms with Crippen molar-refractivity contribution in [1.82, 2.24) is 0 Å². The Kier molecular flexibility index (Phi) is 1.62. The first-order valence-corrected chi connectivity index (χ1v) is 3.41. The van der Waals surface area contributed by atoms with E-state index in [4.69, 9.17) is 4.74 Å². The molecular formula is C8H14O. The number of rotatable bonds is 1. The van der Waals surface area contributed by atoms with Gasteiger partial charge in [0, 0.05) is 7.11 Å². The van der Waals surface area contributed by atoms with E-state index in [0.717, 1.165) is 6.42 Å². The molecule has 0 spiro atoms. The molecule has 1 unspecified atom stereocenters. The molecule has 9 heavy (non-hydrogen) atoms. The second-order valence-electron chi connectivity index (χ2n) is 3.06. The zero-order chi connectivity index (χ0) is 6.91. The van der Waals surface area contributed by atoms with E-state index in [-0.39, 0.29) is 5.60 Å². The lowest BCUT2D eigenvalue weighted by atomic mass is 10.0. The molecule has 0 heterocycles. The minimum Gasteiger partial charge on any atom is -0.374 e. The fourth-order valence-corrected chi connectivity index (χ4v) is 1.29. The normalized spacial score (nSPS) is 41.9. The molecule has 0 aliphatic heterocycles. The summed E-state index contributed by atoms with van der Waals surface area (Å²) in [5.74, 6) is 0.690. The number of ether oxygens (including phenoxy) is 1. The molecule has 52 valence electrons. The van der Waals surface area contributed by atoms with E-state index in [1.807, 2.05) is 0 Å². The Morgan fingerprint density at radius 1 is 1.67 bits per heavy atom. The molecule has 0 radical (unpaired) electrons. The third-order valence-corrected chi connectivity index (χ3v) is 1.97. The van der Waals surface area contributed by atoms with Crippen molar-refractivity contribution in [2.75, 3.05) is 7.11 Å². The summed E-state index contributed by atoms with van der Waals surface area (Å²) >= 11 is 0. The van der Waals surface area contributed by atoms with Gasteiger partial charge in [-0.3, -0.25) is 0 Å². The second-order valence-corrected chi connectivity index (χ2v) is 3.06. The first kappa shape index (κ1) is 6.81. The van der Waals surface area contributed by atoms with Crippen molar-refractivity contribution in [3.63, 3.8) is 0 Å². The number of allylic oxidation sites excluding steroid dienone is 1. The van der Waals surface area contributed by atoms with Crippen LogP contribution in [0.3, 0.4) is 0 Å². The molecule has 1 aliphatic rings. The van der Waals surface area contributed by atoms with Crippen molar-refractivity contribution < 1.29 is 4.74 Å². The summed E-state index contributed by atoms with van der Waals surface area (Å²) in [6.07, 6.45) is 5.49. The maximum Gasteiger partial charge on any atom is 0.0836 e. The van der Waals surface area contributed by atoms with Gasteiger partial charge in [0.2, 0.25) is 0 Å².